The van der Waals surface area contributed by atoms with Crippen molar-refractivity contribution in [3.8, 4) is 11.8 Å². The van der Waals surface area contributed by atoms with Crippen LogP contribution in [0.4, 0.5) is 0 Å². The van der Waals surface area contributed by atoms with Gasteiger partial charge < -0.3 is 14.4 Å². The molecule has 1 aliphatic heterocycles. The number of hydrogen-bond donors (Lipinski definition) is 0. The van der Waals surface area contributed by atoms with Gasteiger partial charge in [-0.3, -0.25) is 9.48 Å². The Hall–Kier alpha value is -2.71. The van der Waals surface area contributed by atoms with Crippen molar-refractivity contribution in [3.63, 3.8) is 0 Å². The van der Waals surface area contributed by atoms with Crippen molar-refractivity contribution in [2.24, 2.45) is 7.05 Å². The van der Waals surface area contributed by atoms with E-state index in [2.05, 4.69) is 20.3 Å². The van der Waals surface area contributed by atoms with E-state index < -0.39 is 0 Å². The van der Waals surface area contributed by atoms with E-state index in [0.717, 1.165) is 12.8 Å². The molecule has 9 nitrogen and oxygen atoms in total. The molecule has 0 aromatic carbocycles. The number of methoxy groups -OCH3 is 1. The monoisotopic (exact) mass is 318 g/mol. The average Bonchev–Trinajstić information content (AvgIpc) is 3.02. The van der Waals surface area contributed by atoms with Crippen molar-refractivity contribution in [1.82, 2.24) is 29.9 Å². The number of carbonyl (C=O) groups excluding carboxylic acids is 1. The summed E-state index contributed by atoms with van der Waals surface area (Å²) in [6.45, 7) is 1.21. The summed E-state index contributed by atoms with van der Waals surface area (Å²) in [5, 5.41) is 7.64. The fourth-order valence-electron chi connectivity index (χ4n) is 2.40. The van der Waals surface area contributed by atoms with E-state index in [9.17, 15) is 4.79 Å². The molecule has 0 aliphatic carbocycles. The third-order valence-electron chi connectivity index (χ3n) is 3.66. The van der Waals surface area contributed by atoms with E-state index in [-0.39, 0.29) is 12.0 Å². The average molecular weight is 318 g/mol. The molecular formula is C14H18N6O3. The topological polar surface area (TPSA) is 95.3 Å². The van der Waals surface area contributed by atoms with E-state index in [1.54, 1.807) is 37.6 Å². The fourth-order valence-corrected chi connectivity index (χ4v) is 2.40. The molecule has 0 spiro atoms. The summed E-state index contributed by atoms with van der Waals surface area (Å²) in [4.78, 5) is 22.2. The highest BCUT2D eigenvalue weighted by molar-refractivity contribution is 5.91. The van der Waals surface area contributed by atoms with Crippen molar-refractivity contribution >= 4 is 5.91 Å². The molecule has 3 heterocycles. The van der Waals surface area contributed by atoms with Gasteiger partial charge in [-0.1, -0.05) is 5.21 Å². The Morgan fingerprint density at radius 3 is 2.52 bits per heavy atom. The molecule has 0 atom stereocenters. The quantitative estimate of drug-likeness (QED) is 0.800. The summed E-state index contributed by atoms with van der Waals surface area (Å²) in [5.74, 6) is 0.485. The largest absolute Gasteiger partial charge is 0.494 e. The van der Waals surface area contributed by atoms with Crippen LogP contribution >= 0.6 is 0 Å². The predicted octanol–water partition coefficient (Wildman–Crippen LogP) is 0.297. The minimum atomic E-state index is -0.0998. The van der Waals surface area contributed by atoms with E-state index in [0.29, 0.717) is 30.5 Å². The number of aromatic nitrogens is 5. The van der Waals surface area contributed by atoms with Gasteiger partial charge in [-0.05, 0) is 0 Å². The molecule has 23 heavy (non-hydrogen) atoms. The van der Waals surface area contributed by atoms with Crippen LogP contribution in [-0.2, 0) is 7.05 Å². The van der Waals surface area contributed by atoms with Crippen molar-refractivity contribution in [2.45, 2.75) is 18.9 Å². The first-order valence-corrected chi connectivity index (χ1v) is 7.34. The van der Waals surface area contributed by atoms with Gasteiger partial charge in [-0.2, -0.15) is 9.97 Å². The number of ether oxygens (including phenoxy) is 2. The summed E-state index contributed by atoms with van der Waals surface area (Å²) >= 11 is 0. The van der Waals surface area contributed by atoms with Crippen LogP contribution in [0.2, 0.25) is 0 Å². The Morgan fingerprint density at radius 2 is 1.96 bits per heavy atom. The van der Waals surface area contributed by atoms with Crippen LogP contribution in [0.25, 0.3) is 0 Å². The first-order valence-electron chi connectivity index (χ1n) is 7.34. The zero-order chi connectivity index (χ0) is 16.2. The molecule has 0 N–H and O–H groups in total. The maximum atomic E-state index is 12.3. The molecule has 2 aromatic rings. The summed E-state index contributed by atoms with van der Waals surface area (Å²) < 4.78 is 12.3. The Morgan fingerprint density at radius 1 is 1.26 bits per heavy atom. The molecule has 1 amide bonds. The van der Waals surface area contributed by atoms with Gasteiger partial charge in [0.2, 0.25) is 0 Å². The summed E-state index contributed by atoms with van der Waals surface area (Å²) in [6, 6.07) is 0.324. The second-order valence-electron chi connectivity index (χ2n) is 5.29. The van der Waals surface area contributed by atoms with Gasteiger partial charge in [0.15, 0.2) is 11.4 Å². The lowest BCUT2D eigenvalue weighted by Gasteiger charge is -2.31. The van der Waals surface area contributed by atoms with Gasteiger partial charge in [-0.15, -0.1) is 5.10 Å². The zero-order valence-corrected chi connectivity index (χ0v) is 13.0. The maximum Gasteiger partial charge on any atom is 0.316 e. The molecule has 1 saturated heterocycles. The van der Waals surface area contributed by atoms with Crippen molar-refractivity contribution < 1.29 is 14.3 Å². The number of rotatable bonds is 4. The highest BCUT2D eigenvalue weighted by atomic mass is 16.5. The van der Waals surface area contributed by atoms with Crippen LogP contribution in [0.3, 0.4) is 0 Å². The van der Waals surface area contributed by atoms with Gasteiger partial charge in [0.1, 0.15) is 6.10 Å². The lowest BCUT2D eigenvalue weighted by Crippen LogP contribution is -2.42. The molecular weight excluding hydrogens is 300 g/mol. The van der Waals surface area contributed by atoms with E-state index in [4.69, 9.17) is 9.47 Å². The first-order chi connectivity index (χ1) is 11.2. The van der Waals surface area contributed by atoms with Gasteiger partial charge in [0.05, 0.1) is 25.7 Å². The molecule has 0 unspecified atom stereocenters. The number of carbonyl (C=O) groups is 1. The number of piperidine rings is 1. The van der Waals surface area contributed by atoms with Gasteiger partial charge in [-0.25, -0.2) is 0 Å². The Labute approximate surface area is 133 Å². The highest BCUT2D eigenvalue weighted by Gasteiger charge is 2.26. The number of amides is 1. The van der Waals surface area contributed by atoms with Crippen molar-refractivity contribution in [3.05, 3.63) is 24.3 Å². The summed E-state index contributed by atoms with van der Waals surface area (Å²) in [5.41, 5.74) is 0.366. The smallest absolute Gasteiger partial charge is 0.316 e. The number of likely N-dealkylation sites (tertiary alicyclic amines) is 1. The molecule has 0 radical (unpaired) electrons. The minimum absolute atomic E-state index is 0.00528. The molecule has 122 valence electrons. The minimum Gasteiger partial charge on any atom is -0.494 e. The van der Waals surface area contributed by atoms with Gasteiger partial charge >= 0.3 is 6.01 Å². The standard InChI is InChI=1S/C14H18N6O3/c1-19-9-12(17-18-19)13(21)20-5-3-10(4-6-20)23-14-15-7-11(22-2)8-16-14/h7-10H,3-6H2,1-2H3. The maximum absolute atomic E-state index is 12.3. The first kappa shape index (κ1) is 15.2. The second kappa shape index (κ2) is 6.59. The van der Waals surface area contributed by atoms with Crippen LogP contribution in [0, 0.1) is 0 Å². The van der Waals surface area contributed by atoms with Crippen molar-refractivity contribution in [2.75, 3.05) is 20.2 Å². The molecule has 1 fully saturated rings. The lowest BCUT2D eigenvalue weighted by atomic mass is 10.1. The van der Waals surface area contributed by atoms with Crippen LogP contribution in [0.1, 0.15) is 23.3 Å². The summed E-state index contributed by atoms with van der Waals surface area (Å²) in [7, 11) is 3.29. The SMILES string of the molecule is COc1cnc(OC2CCN(C(=O)c3cn(C)nn3)CC2)nc1. The van der Waals surface area contributed by atoms with Crippen LogP contribution in [-0.4, -0.2) is 62.1 Å². The van der Waals surface area contributed by atoms with Crippen molar-refractivity contribution in [1.29, 1.82) is 0 Å². The van der Waals surface area contributed by atoms with Gasteiger partial charge in [0, 0.05) is 33.0 Å². The molecule has 3 rings (SSSR count). The number of aryl methyl sites for hydroxylation is 1. The number of hydrogen-bond acceptors (Lipinski definition) is 7. The van der Waals surface area contributed by atoms with Crippen LogP contribution in [0.15, 0.2) is 18.6 Å². The van der Waals surface area contributed by atoms with Crippen LogP contribution in [0.5, 0.6) is 11.8 Å². The van der Waals surface area contributed by atoms with E-state index in [1.165, 1.54) is 4.68 Å². The van der Waals surface area contributed by atoms with E-state index >= 15 is 0 Å². The Kier molecular flexibility index (Phi) is 4.35. The highest BCUT2D eigenvalue weighted by Crippen LogP contribution is 2.18. The lowest BCUT2D eigenvalue weighted by molar-refractivity contribution is 0.0573. The van der Waals surface area contributed by atoms with E-state index in [1.807, 2.05) is 0 Å². The number of nitrogens with zero attached hydrogens (tertiary/aromatic N) is 6. The third-order valence-corrected chi connectivity index (χ3v) is 3.66. The molecule has 9 heteroatoms. The van der Waals surface area contributed by atoms with Crippen LogP contribution < -0.4 is 9.47 Å². The fraction of sp³-hybridized carbons (Fsp3) is 0.500. The molecule has 1 aliphatic rings. The Bertz CT molecular complexity index is 663. The molecule has 0 bridgehead atoms. The normalized spacial score (nSPS) is 15.5. The molecule has 2 aromatic heterocycles. The Balaban J connectivity index is 1.52. The predicted molar refractivity (Wildman–Crippen MR) is 79.1 cm³/mol. The molecule has 0 saturated carbocycles. The third kappa shape index (κ3) is 3.55. The second-order valence-corrected chi connectivity index (χ2v) is 5.29. The van der Waals surface area contributed by atoms with Gasteiger partial charge in [0.25, 0.3) is 5.91 Å². The summed E-state index contributed by atoms with van der Waals surface area (Å²) in [6.07, 6.45) is 6.19. The zero-order valence-electron chi connectivity index (χ0n) is 13.0.